The molecule has 0 aliphatic carbocycles. The molecule has 0 saturated carbocycles. The number of rotatable bonds is 5. The Morgan fingerprint density at radius 2 is 2.30 bits per heavy atom. The smallest absolute Gasteiger partial charge is 0.224 e. The first-order valence-corrected chi connectivity index (χ1v) is 8.14. The van der Waals surface area contributed by atoms with Crippen molar-refractivity contribution in [1.29, 1.82) is 0 Å². The number of anilines is 1. The second-order valence-corrected chi connectivity index (χ2v) is 6.01. The van der Waals surface area contributed by atoms with Crippen molar-refractivity contribution in [3.05, 3.63) is 41.4 Å². The summed E-state index contributed by atoms with van der Waals surface area (Å²) in [5.74, 6) is 1.70. The van der Waals surface area contributed by atoms with E-state index in [1.807, 2.05) is 18.2 Å². The molecule has 1 aliphatic heterocycles. The number of amides is 1. The summed E-state index contributed by atoms with van der Waals surface area (Å²) in [6.07, 6.45) is 4.20. The standard InChI is InChI=1S/C16H19ClN4O2/c17-14-5-6-15(20-19-14)21-9-1-3-12(11-21)16(22)18-8-7-13-4-2-10-23-13/h2,4-6,10,12H,1,3,7-9,11H2,(H,18,22)/t12-/m1/s1. The van der Waals surface area contributed by atoms with Gasteiger partial charge in [0, 0.05) is 26.1 Å². The second-order valence-electron chi connectivity index (χ2n) is 5.62. The first-order valence-electron chi connectivity index (χ1n) is 7.76. The number of piperidine rings is 1. The predicted molar refractivity (Wildman–Crippen MR) is 87.4 cm³/mol. The molecule has 0 unspecified atom stereocenters. The fourth-order valence-corrected chi connectivity index (χ4v) is 2.89. The number of aromatic nitrogens is 2. The zero-order chi connectivity index (χ0) is 16.1. The largest absolute Gasteiger partial charge is 0.469 e. The van der Waals surface area contributed by atoms with E-state index < -0.39 is 0 Å². The van der Waals surface area contributed by atoms with Crippen LogP contribution in [-0.4, -0.2) is 35.7 Å². The van der Waals surface area contributed by atoms with Crippen LogP contribution in [-0.2, 0) is 11.2 Å². The Bertz CT molecular complexity index is 630. The Morgan fingerprint density at radius 3 is 3.04 bits per heavy atom. The van der Waals surface area contributed by atoms with Gasteiger partial charge in [0.05, 0.1) is 12.2 Å². The van der Waals surface area contributed by atoms with Gasteiger partial charge in [-0.1, -0.05) is 11.6 Å². The minimum atomic E-state index is -0.0298. The zero-order valence-corrected chi connectivity index (χ0v) is 13.5. The molecular formula is C16H19ClN4O2. The quantitative estimate of drug-likeness (QED) is 0.908. The maximum Gasteiger partial charge on any atom is 0.224 e. The fraction of sp³-hybridized carbons (Fsp3) is 0.438. The van der Waals surface area contributed by atoms with Crippen LogP contribution < -0.4 is 10.2 Å². The van der Waals surface area contributed by atoms with E-state index in [9.17, 15) is 4.79 Å². The molecule has 122 valence electrons. The van der Waals surface area contributed by atoms with E-state index in [0.29, 0.717) is 24.7 Å². The minimum absolute atomic E-state index is 0.0298. The number of halogens is 1. The number of hydrogen-bond donors (Lipinski definition) is 1. The molecule has 23 heavy (non-hydrogen) atoms. The van der Waals surface area contributed by atoms with Crippen LogP contribution in [0.5, 0.6) is 0 Å². The second kappa shape index (κ2) is 7.46. The Morgan fingerprint density at radius 1 is 1.39 bits per heavy atom. The maximum atomic E-state index is 12.3. The molecule has 3 rings (SSSR count). The maximum absolute atomic E-state index is 12.3. The number of nitrogens with one attached hydrogen (secondary N) is 1. The average Bonchev–Trinajstić information content (AvgIpc) is 3.09. The molecule has 1 fully saturated rings. The number of furan rings is 1. The highest BCUT2D eigenvalue weighted by Gasteiger charge is 2.26. The van der Waals surface area contributed by atoms with Gasteiger partial charge in [-0.2, -0.15) is 0 Å². The van der Waals surface area contributed by atoms with E-state index in [1.165, 1.54) is 0 Å². The number of nitrogens with zero attached hydrogens (tertiary/aromatic N) is 3. The van der Waals surface area contributed by atoms with Gasteiger partial charge in [-0.15, -0.1) is 10.2 Å². The van der Waals surface area contributed by atoms with E-state index in [1.54, 1.807) is 12.3 Å². The topological polar surface area (TPSA) is 71.3 Å². The van der Waals surface area contributed by atoms with Crippen LogP contribution in [0.15, 0.2) is 34.9 Å². The summed E-state index contributed by atoms with van der Waals surface area (Å²) in [6.45, 7) is 2.12. The lowest BCUT2D eigenvalue weighted by atomic mass is 9.97. The minimum Gasteiger partial charge on any atom is -0.469 e. The van der Waals surface area contributed by atoms with Crippen molar-refractivity contribution < 1.29 is 9.21 Å². The molecule has 0 spiro atoms. The Hall–Kier alpha value is -2.08. The van der Waals surface area contributed by atoms with Crippen LogP contribution in [0, 0.1) is 5.92 Å². The molecule has 0 radical (unpaired) electrons. The van der Waals surface area contributed by atoms with Crippen LogP contribution >= 0.6 is 11.6 Å². The average molecular weight is 335 g/mol. The van der Waals surface area contributed by atoms with Crippen molar-refractivity contribution in [2.24, 2.45) is 5.92 Å². The molecule has 0 aromatic carbocycles. The van der Waals surface area contributed by atoms with E-state index in [4.69, 9.17) is 16.0 Å². The molecule has 7 heteroatoms. The van der Waals surface area contributed by atoms with Gasteiger partial charge in [0.2, 0.25) is 5.91 Å². The summed E-state index contributed by atoms with van der Waals surface area (Å²) < 4.78 is 5.26. The molecule has 1 aliphatic rings. The van der Waals surface area contributed by atoms with Crippen LogP contribution in [0.3, 0.4) is 0 Å². The van der Waals surface area contributed by atoms with Gasteiger partial charge in [0.1, 0.15) is 5.76 Å². The Kier molecular flexibility index (Phi) is 5.12. The van der Waals surface area contributed by atoms with Gasteiger partial charge in [-0.25, -0.2) is 0 Å². The van der Waals surface area contributed by atoms with Gasteiger partial charge < -0.3 is 14.6 Å². The normalized spacial score (nSPS) is 18.0. The Labute approximate surface area is 139 Å². The van der Waals surface area contributed by atoms with E-state index >= 15 is 0 Å². The molecule has 1 atom stereocenters. The molecule has 2 aromatic rings. The third kappa shape index (κ3) is 4.22. The van der Waals surface area contributed by atoms with Gasteiger partial charge in [0.15, 0.2) is 11.0 Å². The summed E-state index contributed by atoms with van der Waals surface area (Å²) in [4.78, 5) is 14.4. The fourth-order valence-electron chi connectivity index (χ4n) is 2.78. The molecule has 1 N–H and O–H groups in total. The first-order chi connectivity index (χ1) is 11.2. The summed E-state index contributed by atoms with van der Waals surface area (Å²) >= 11 is 5.77. The van der Waals surface area contributed by atoms with Crippen LogP contribution in [0.4, 0.5) is 5.82 Å². The number of carbonyl (C=O) groups is 1. The van der Waals surface area contributed by atoms with Crippen LogP contribution in [0.2, 0.25) is 5.15 Å². The molecule has 0 bridgehead atoms. The first kappa shape index (κ1) is 15.8. The van der Waals surface area contributed by atoms with Crippen molar-refractivity contribution >= 4 is 23.3 Å². The Balaban J connectivity index is 1.51. The van der Waals surface area contributed by atoms with Crippen molar-refractivity contribution in [3.63, 3.8) is 0 Å². The lowest BCUT2D eigenvalue weighted by molar-refractivity contribution is -0.125. The van der Waals surface area contributed by atoms with Gasteiger partial charge in [-0.3, -0.25) is 4.79 Å². The highest BCUT2D eigenvalue weighted by molar-refractivity contribution is 6.29. The van der Waals surface area contributed by atoms with Crippen LogP contribution in [0.1, 0.15) is 18.6 Å². The highest BCUT2D eigenvalue weighted by Crippen LogP contribution is 2.21. The van der Waals surface area contributed by atoms with Crippen molar-refractivity contribution in [2.45, 2.75) is 19.3 Å². The van der Waals surface area contributed by atoms with Crippen molar-refractivity contribution in [1.82, 2.24) is 15.5 Å². The van der Waals surface area contributed by atoms with E-state index in [0.717, 1.165) is 31.0 Å². The van der Waals surface area contributed by atoms with Gasteiger partial charge in [-0.05, 0) is 37.1 Å². The molecule has 3 heterocycles. The number of carbonyl (C=O) groups excluding carboxylic acids is 1. The van der Waals surface area contributed by atoms with Crippen LogP contribution in [0.25, 0.3) is 0 Å². The molecular weight excluding hydrogens is 316 g/mol. The lowest BCUT2D eigenvalue weighted by Gasteiger charge is -2.32. The van der Waals surface area contributed by atoms with E-state index in [2.05, 4.69) is 20.4 Å². The summed E-state index contributed by atoms with van der Waals surface area (Å²) in [6, 6.07) is 7.32. The molecule has 1 saturated heterocycles. The zero-order valence-electron chi connectivity index (χ0n) is 12.7. The molecule has 6 nitrogen and oxygen atoms in total. The third-order valence-electron chi connectivity index (χ3n) is 3.98. The summed E-state index contributed by atoms with van der Waals surface area (Å²) in [5.41, 5.74) is 0. The predicted octanol–water partition coefficient (Wildman–Crippen LogP) is 2.30. The number of hydrogen-bond acceptors (Lipinski definition) is 5. The highest BCUT2D eigenvalue weighted by atomic mass is 35.5. The lowest BCUT2D eigenvalue weighted by Crippen LogP contribution is -2.43. The van der Waals surface area contributed by atoms with Gasteiger partial charge in [0.25, 0.3) is 0 Å². The van der Waals surface area contributed by atoms with Crippen molar-refractivity contribution in [2.75, 3.05) is 24.5 Å². The van der Waals surface area contributed by atoms with E-state index in [-0.39, 0.29) is 11.8 Å². The summed E-state index contributed by atoms with van der Waals surface area (Å²) in [5, 5.41) is 11.3. The summed E-state index contributed by atoms with van der Waals surface area (Å²) in [7, 11) is 0. The van der Waals surface area contributed by atoms with Crippen molar-refractivity contribution in [3.8, 4) is 0 Å². The van der Waals surface area contributed by atoms with Gasteiger partial charge >= 0.3 is 0 Å². The SMILES string of the molecule is O=C(NCCc1ccco1)[C@@H]1CCCN(c2ccc(Cl)nn2)C1. The molecule has 2 aromatic heterocycles. The third-order valence-corrected chi connectivity index (χ3v) is 4.19. The monoisotopic (exact) mass is 334 g/mol. The molecule has 1 amide bonds.